The number of halogens is 1. The Morgan fingerprint density at radius 3 is 2.43 bits per heavy atom. The van der Waals surface area contributed by atoms with Gasteiger partial charge in [-0.2, -0.15) is 5.10 Å². The van der Waals surface area contributed by atoms with Gasteiger partial charge in [-0.05, 0) is 50.6 Å². The maximum Gasteiger partial charge on any atom is 0.257 e. The SMILES string of the molecule is CC(O)C(C)Oc1cc(Oc2ccc(C(=O)N3CCC3)cc2F)cc(C(=O)Nc2ccn(C)n2)c1. The Labute approximate surface area is 202 Å². The van der Waals surface area contributed by atoms with Crippen LogP contribution in [0, 0.1) is 5.82 Å². The second kappa shape index (κ2) is 10.1. The molecule has 1 aliphatic heterocycles. The van der Waals surface area contributed by atoms with E-state index in [4.69, 9.17) is 9.47 Å². The number of hydrogen-bond acceptors (Lipinski definition) is 6. The van der Waals surface area contributed by atoms with Crippen LogP contribution >= 0.6 is 0 Å². The third-order valence-electron chi connectivity index (χ3n) is 5.65. The molecule has 2 amide bonds. The summed E-state index contributed by atoms with van der Waals surface area (Å²) in [5, 5.41) is 16.6. The number of carbonyl (C=O) groups excluding carboxylic acids is 2. The summed E-state index contributed by atoms with van der Waals surface area (Å²) in [6, 6.07) is 10.1. The van der Waals surface area contributed by atoms with Gasteiger partial charge in [0.2, 0.25) is 0 Å². The molecular weight excluding hydrogens is 455 g/mol. The van der Waals surface area contributed by atoms with E-state index in [2.05, 4.69) is 10.4 Å². The Morgan fingerprint density at radius 1 is 1.09 bits per heavy atom. The highest BCUT2D eigenvalue weighted by Crippen LogP contribution is 2.31. The van der Waals surface area contributed by atoms with Crippen molar-refractivity contribution in [3.63, 3.8) is 0 Å². The monoisotopic (exact) mass is 482 g/mol. The van der Waals surface area contributed by atoms with Gasteiger partial charge in [-0.25, -0.2) is 4.39 Å². The number of nitrogens with one attached hydrogen (secondary N) is 1. The molecule has 0 saturated carbocycles. The average Bonchev–Trinajstić information content (AvgIpc) is 3.18. The fourth-order valence-electron chi connectivity index (χ4n) is 3.36. The average molecular weight is 483 g/mol. The van der Waals surface area contributed by atoms with Gasteiger partial charge in [-0.15, -0.1) is 0 Å². The third kappa shape index (κ3) is 5.78. The number of ether oxygens (including phenoxy) is 2. The highest BCUT2D eigenvalue weighted by Gasteiger charge is 2.23. The molecule has 0 bridgehead atoms. The molecule has 3 aromatic rings. The molecule has 4 rings (SSSR count). The predicted molar refractivity (Wildman–Crippen MR) is 126 cm³/mol. The van der Waals surface area contributed by atoms with Crippen LogP contribution in [0.2, 0.25) is 0 Å². The number of amides is 2. The minimum absolute atomic E-state index is 0.109. The van der Waals surface area contributed by atoms with E-state index in [9.17, 15) is 19.1 Å². The van der Waals surface area contributed by atoms with Crippen molar-refractivity contribution in [3.05, 3.63) is 65.6 Å². The quantitative estimate of drug-likeness (QED) is 0.508. The minimum atomic E-state index is -0.765. The highest BCUT2D eigenvalue weighted by molar-refractivity contribution is 6.04. The molecule has 2 atom stereocenters. The van der Waals surface area contributed by atoms with Crippen LogP contribution in [0.4, 0.5) is 10.2 Å². The first-order valence-electron chi connectivity index (χ1n) is 11.3. The molecule has 0 radical (unpaired) electrons. The van der Waals surface area contributed by atoms with Crippen LogP contribution in [0.5, 0.6) is 17.2 Å². The summed E-state index contributed by atoms with van der Waals surface area (Å²) in [5.41, 5.74) is 0.429. The summed E-state index contributed by atoms with van der Waals surface area (Å²) in [5.74, 6) is -0.754. The van der Waals surface area contributed by atoms with E-state index in [1.54, 1.807) is 42.7 Å². The third-order valence-corrected chi connectivity index (χ3v) is 5.65. The van der Waals surface area contributed by atoms with Crippen molar-refractivity contribution in [2.45, 2.75) is 32.5 Å². The molecule has 10 heteroatoms. The van der Waals surface area contributed by atoms with Crippen LogP contribution in [0.15, 0.2) is 48.7 Å². The molecule has 2 aromatic carbocycles. The van der Waals surface area contributed by atoms with Crippen LogP contribution < -0.4 is 14.8 Å². The zero-order chi connectivity index (χ0) is 25.1. The summed E-state index contributed by atoms with van der Waals surface area (Å²) >= 11 is 0. The van der Waals surface area contributed by atoms with E-state index in [1.807, 2.05) is 0 Å². The van der Waals surface area contributed by atoms with Crippen molar-refractivity contribution in [3.8, 4) is 17.2 Å². The lowest BCUT2D eigenvalue weighted by atomic mass is 10.1. The molecule has 2 N–H and O–H groups in total. The van der Waals surface area contributed by atoms with Gasteiger partial charge in [-0.3, -0.25) is 14.3 Å². The van der Waals surface area contributed by atoms with Crippen molar-refractivity contribution >= 4 is 17.6 Å². The molecule has 2 unspecified atom stereocenters. The highest BCUT2D eigenvalue weighted by atomic mass is 19.1. The molecule has 9 nitrogen and oxygen atoms in total. The molecule has 35 heavy (non-hydrogen) atoms. The molecule has 0 spiro atoms. The molecule has 1 saturated heterocycles. The molecule has 1 aromatic heterocycles. The Bertz CT molecular complexity index is 1240. The molecule has 1 fully saturated rings. The van der Waals surface area contributed by atoms with Crippen LogP contribution in [-0.4, -0.2) is 56.9 Å². The standard InChI is InChI=1S/C25H27FN4O5/c1-15(31)16(2)34-19-11-18(24(32)27-23-7-10-29(3)28-23)12-20(14-19)35-22-6-5-17(13-21(22)26)25(33)30-8-4-9-30/h5-7,10-16,31H,4,8-9H2,1-3H3,(H,27,28,32). The Hall–Kier alpha value is -3.92. The first kappa shape index (κ1) is 24.2. The van der Waals surface area contributed by atoms with Gasteiger partial charge >= 0.3 is 0 Å². The number of anilines is 1. The maximum absolute atomic E-state index is 14.8. The lowest BCUT2D eigenvalue weighted by Crippen LogP contribution is -2.42. The Kier molecular flexibility index (Phi) is 7.02. The zero-order valence-electron chi connectivity index (χ0n) is 19.7. The van der Waals surface area contributed by atoms with Crippen LogP contribution in [0.1, 0.15) is 41.0 Å². The lowest BCUT2D eigenvalue weighted by Gasteiger charge is -2.30. The second-order valence-corrected chi connectivity index (χ2v) is 8.48. The van der Waals surface area contributed by atoms with E-state index >= 15 is 0 Å². The van der Waals surface area contributed by atoms with Crippen molar-refractivity contribution in [1.82, 2.24) is 14.7 Å². The fourth-order valence-corrected chi connectivity index (χ4v) is 3.36. The number of rotatable bonds is 8. The first-order chi connectivity index (χ1) is 16.7. The number of aliphatic hydroxyl groups excluding tert-OH is 1. The van der Waals surface area contributed by atoms with Gasteiger partial charge in [0, 0.05) is 49.6 Å². The van der Waals surface area contributed by atoms with Crippen molar-refractivity contribution in [2.24, 2.45) is 7.05 Å². The lowest BCUT2D eigenvalue weighted by molar-refractivity contribution is 0.0602. The van der Waals surface area contributed by atoms with Crippen LogP contribution in [-0.2, 0) is 7.05 Å². The Balaban J connectivity index is 1.59. The topological polar surface area (TPSA) is 106 Å². The van der Waals surface area contributed by atoms with Crippen molar-refractivity contribution in [1.29, 1.82) is 0 Å². The number of aryl methyl sites for hydroxylation is 1. The van der Waals surface area contributed by atoms with E-state index in [1.165, 1.54) is 30.3 Å². The first-order valence-corrected chi connectivity index (χ1v) is 11.3. The molecule has 2 heterocycles. The second-order valence-electron chi connectivity index (χ2n) is 8.48. The number of benzene rings is 2. The zero-order valence-corrected chi connectivity index (χ0v) is 19.7. The summed E-state index contributed by atoms with van der Waals surface area (Å²) in [7, 11) is 1.73. The van der Waals surface area contributed by atoms with Gasteiger partial charge in [-0.1, -0.05) is 0 Å². The maximum atomic E-state index is 14.8. The molecule has 1 aliphatic rings. The van der Waals surface area contributed by atoms with E-state index in [-0.39, 0.29) is 34.3 Å². The van der Waals surface area contributed by atoms with Gasteiger partial charge < -0.3 is 24.8 Å². The number of likely N-dealkylation sites (tertiary alicyclic amines) is 1. The van der Waals surface area contributed by atoms with Crippen LogP contribution in [0.25, 0.3) is 0 Å². The van der Waals surface area contributed by atoms with E-state index in [0.717, 1.165) is 12.5 Å². The van der Waals surface area contributed by atoms with Crippen molar-refractivity contribution in [2.75, 3.05) is 18.4 Å². The number of aromatic nitrogens is 2. The molecule has 0 aliphatic carbocycles. The number of hydrogen-bond donors (Lipinski definition) is 2. The smallest absolute Gasteiger partial charge is 0.257 e. The van der Waals surface area contributed by atoms with Gasteiger partial charge in [0.1, 0.15) is 17.6 Å². The van der Waals surface area contributed by atoms with Crippen molar-refractivity contribution < 1.29 is 28.6 Å². The minimum Gasteiger partial charge on any atom is -0.488 e. The number of nitrogens with zero attached hydrogens (tertiary/aromatic N) is 3. The summed E-state index contributed by atoms with van der Waals surface area (Å²) in [6.45, 7) is 4.59. The Morgan fingerprint density at radius 2 is 1.83 bits per heavy atom. The summed E-state index contributed by atoms with van der Waals surface area (Å²) in [6.07, 6.45) is 1.30. The van der Waals surface area contributed by atoms with Gasteiger partial charge in [0.15, 0.2) is 17.4 Å². The van der Waals surface area contributed by atoms with Gasteiger partial charge in [0.05, 0.1) is 6.10 Å². The van der Waals surface area contributed by atoms with E-state index in [0.29, 0.717) is 18.9 Å². The summed E-state index contributed by atoms with van der Waals surface area (Å²) < 4.78 is 27.8. The molecular formula is C25H27FN4O5. The largest absolute Gasteiger partial charge is 0.488 e. The van der Waals surface area contributed by atoms with Crippen LogP contribution in [0.3, 0.4) is 0 Å². The predicted octanol–water partition coefficient (Wildman–Crippen LogP) is 3.60. The van der Waals surface area contributed by atoms with Gasteiger partial charge in [0.25, 0.3) is 11.8 Å². The van der Waals surface area contributed by atoms with E-state index < -0.39 is 23.9 Å². The summed E-state index contributed by atoms with van der Waals surface area (Å²) in [4.78, 5) is 26.8. The number of aliphatic hydroxyl groups is 1. The molecule has 184 valence electrons. The normalized spacial score (nSPS) is 14.6. The fraction of sp³-hybridized carbons (Fsp3) is 0.320. The number of carbonyl (C=O) groups is 2.